The average Bonchev–Trinajstić information content (AvgIpc) is 2.41. The van der Waals surface area contributed by atoms with Crippen molar-refractivity contribution in [3.63, 3.8) is 0 Å². The molecule has 5 nitrogen and oxygen atoms in total. The first-order valence-corrected chi connectivity index (χ1v) is 7.37. The Morgan fingerprint density at radius 2 is 2.25 bits per heavy atom. The predicted molar refractivity (Wildman–Crippen MR) is 80.2 cm³/mol. The largest absolute Gasteiger partial charge is 0.385 e. The number of amides is 1. The van der Waals surface area contributed by atoms with Gasteiger partial charge in [-0.3, -0.25) is 14.7 Å². The Morgan fingerprint density at radius 3 is 2.90 bits per heavy atom. The van der Waals surface area contributed by atoms with Gasteiger partial charge in [0.15, 0.2) is 0 Å². The molecule has 0 bridgehead atoms. The maximum absolute atomic E-state index is 10.9. The summed E-state index contributed by atoms with van der Waals surface area (Å²) in [4.78, 5) is 17.8. The van der Waals surface area contributed by atoms with Crippen LogP contribution in [0.1, 0.15) is 31.9 Å². The zero-order valence-electron chi connectivity index (χ0n) is 12.1. The van der Waals surface area contributed by atoms with Gasteiger partial charge in [-0.1, -0.05) is 0 Å². The Kier molecular flexibility index (Phi) is 5.35. The zero-order valence-corrected chi connectivity index (χ0v) is 12.1. The number of pyridine rings is 1. The highest BCUT2D eigenvalue weighted by Gasteiger charge is 2.20. The number of carbonyl (C=O) groups is 1. The summed E-state index contributed by atoms with van der Waals surface area (Å²) in [5.41, 5.74) is 7.48. The molecule has 2 heterocycles. The number of carbonyl (C=O) groups excluding carboxylic acids is 1. The van der Waals surface area contributed by atoms with E-state index in [-0.39, 0.29) is 5.91 Å². The summed E-state index contributed by atoms with van der Waals surface area (Å²) in [6.45, 7) is 5.92. The Bertz CT molecular complexity index is 441. The molecule has 5 heteroatoms. The molecule has 1 aliphatic rings. The fourth-order valence-electron chi connectivity index (χ4n) is 2.74. The van der Waals surface area contributed by atoms with Crippen LogP contribution in [-0.4, -0.2) is 35.4 Å². The number of hydrogen-bond acceptors (Lipinski definition) is 4. The third-order valence-electron chi connectivity index (χ3n) is 3.78. The molecule has 1 saturated heterocycles. The fourth-order valence-corrected chi connectivity index (χ4v) is 2.74. The minimum Gasteiger partial charge on any atom is -0.385 e. The van der Waals surface area contributed by atoms with E-state index in [1.807, 2.05) is 12.3 Å². The van der Waals surface area contributed by atoms with Crippen molar-refractivity contribution in [3.05, 3.63) is 24.0 Å². The number of piperidine rings is 1. The number of primary amides is 1. The minimum atomic E-state index is -0.177. The Balaban J connectivity index is 1.83. The molecule has 0 saturated carbocycles. The van der Waals surface area contributed by atoms with Crippen LogP contribution >= 0.6 is 0 Å². The number of likely N-dealkylation sites (tertiary alicyclic amines) is 1. The minimum absolute atomic E-state index is 0.177. The maximum Gasteiger partial charge on any atom is 0.217 e. The van der Waals surface area contributed by atoms with Crippen molar-refractivity contribution in [3.8, 4) is 0 Å². The number of hydrogen-bond donors (Lipinski definition) is 2. The second-order valence-electron chi connectivity index (χ2n) is 5.46. The lowest BCUT2D eigenvalue weighted by Crippen LogP contribution is -2.34. The molecular weight excluding hydrogens is 252 g/mol. The highest BCUT2D eigenvalue weighted by molar-refractivity contribution is 5.73. The fraction of sp³-hybridized carbons (Fsp3) is 0.600. The highest BCUT2D eigenvalue weighted by Crippen LogP contribution is 2.21. The Hall–Kier alpha value is -1.62. The lowest BCUT2D eigenvalue weighted by molar-refractivity contribution is -0.119. The predicted octanol–water partition coefficient (Wildman–Crippen LogP) is 1.60. The highest BCUT2D eigenvalue weighted by atomic mass is 16.1. The summed E-state index contributed by atoms with van der Waals surface area (Å²) in [6.07, 6.45) is 4.49. The number of nitrogens with one attached hydrogen (secondary N) is 1. The van der Waals surface area contributed by atoms with Gasteiger partial charge in [0.25, 0.3) is 0 Å². The molecule has 20 heavy (non-hydrogen) atoms. The molecule has 3 N–H and O–H groups in total. The van der Waals surface area contributed by atoms with E-state index < -0.39 is 0 Å². The summed E-state index contributed by atoms with van der Waals surface area (Å²) in [7, 11) is 0. The molecule has 1 aromatic heterocycles. The summed E-state index contributed by atoms with van der Waals surface area (Å²) in [6, 6.07) is 4.10. The van der Waals surface area contributed by atoms with Crippen molar-refractivity contribution in [2.45, 2.75) is 32.7 Å². The molecule has 1 aromatic rings. The molecule has 0 atom stereocenters. The Labute approximate surface area is 120 Å². The van der Waals surface area contributed by atoms with E-state index >= 15 is 0 Å². The lowest BCUT2D eigenvalue weighted by atomic mass is 9.93. The summed E-state index contributed by atoms with van der Waals surface area (Å²) in [5, 5.41) is 3.30. The summed E-state index contributed by atoms with van der Waals surface area (Å²) in [5.74, 6) is 0.285. The standard InChI is InChI=1S/C15H24N4O/c1-2-17-13-3-6-18-14(10-13)11-19-7-4-12(5-8-19)9-15(16)20/h3,6,10,12H,2,4-5,7-9,11H2,1H3,(H2,16,20)(H,17,18). The van der Waals surface area contributed by atoms with Gasteiger partial charge < -0.3 is 11.1 Å². The molecule has 110 valence electrons. The maximum atomic E-state index is 10.9. The molecule has 0 aromatic carbocycles. The third-order valence-corrected chi connectivity index (χ3v) is 3.78. The van der Waals surface area contributed by atoms with Gasteiger partial charge >= 0.3 is 0 Å². The first-order chi connectivity index (χ1) is 9.67. The molecule has 2 rings (SSSR count). The van der Waals surface area contributed by atoms with Crippen molar-refractivity contribution in [1.82, 2.24) is 9.88 Å². The Morgan fingerprint density at radius 1 is 1.50 bits per heavy atom. The van der Waals surface area contributed by atoms with Gasteiger partial charge in [-0.25, -0.2) is 0 Å². The number of aromatic nitrogens is 1. The van der Waals surface area contributed by atoms with Crippen LogP contribution < -0.4 is 11.1 Å². The average molecular weight is 276 g/mol. The van der Waals surface area contributed by atoms with E-state index in [0.29, 0.717) is 12.3 Å². The van der Waals surface area contributed by atoms with Crippen LogP contribution in [0.25, 0.3) is 0 Å². The zero-order chi connectivity index (χ0) is 14.4. The van der Waals surface area contributed by atoms with Crippen LogP contribution in [-0.2, 0) is 11.3 Å². The second kappa shape index (κ2) is 7.24. The third kappa shape index (κ3) is 4.49. The number of nitrogens with zero attached hydrogens (tertiary/aromatic N) is 2. The van der Waals surface area contributed by atoms with Crippen LogP contribution in [0.3, 0.4) is 0 Å². The van der Waals surface area contributed by atoms with Crippen LogP contribution in [0, 0.1) is 5.92 Å². The van der Waals surface area contributed by atoms with Crippen LogP contribution in [0.4, 0.5) is 5.69 Å². The van der Waals surface area contributed by atoms with Crippen LogP contribution in [0.2, 0.25) is 0 Å². The number of anilines is 1. The summed E-state index contributed by atoms with van der Waals surface area (Å²) < 4.78 is 0. The molecule has 1 aliphatic heterocycles. The monoisotopic (exact) mass is 276 g/mol. The molecule has 0 spiro atoms. The first-order valence-electron chi connectivity index (χ1n) is 7.37. The van der Waals surface area contributed by atoms with Crippen molar-refractivity contribution >= 4 is 11.6 Å². The molecular formula is C15H24N4O. The van der Waals surface area contributed by atoms with Crippen molar-refractivity contribution in [2.75, 3.05) is 25.0 Å². The molecule has 1 amide bonds. The van der Waals surface area contributed by atoms with Gasteiger partial charge in [0, 0.05) is 31.4 Å². The topological polar surface area (TPSA) is 71.2 Å². The smallest absolute Gasteiger partial charge is 0.217 e. The van der Waals surface area contributed by atoms with E-state index in [1.165, 1.54) is 0 Å². The van der Waals surface area contributed by atoms with E-state index in [2.05, 4.69) is 28.2 Å². The van der Waals surface area contributed by atoms with Crippen LogP contribution in [0.15, 0.2) is 18.3 Å². The molecule has 0 unspecified atom stereocenters. The molecule has 0 radical (unpaired) electrons. The normalized spacial score (nSPS) is 17.1. The molecule has 0 aliphatic carbocycles. The van der Waals surface area contributed by atoms with Gasteiger partial charge in [-0.2, -0.15) is 0 Å². The van der Waals surface area contributed by atoms with Crippen molar-refractivity contribution < 1.29 is 4.79 Å². The van der Waals surface area contributed by atoms with Gasteiger partial charge in [-0.15, -0.1) is 0 Å². The number of rotatable bonds is 6. The molecule has 1 fully saturated rings. The van der Waals surface area contributed by atoms with Gasteiger partial charge in [0.1, 0.15) is 0 Å². The quantitative estimate of drug-likeness (QED) is 0.828. The second-order valence-corrected chi connectivity index (χ2v) is 5.46. The number of nitrogens with two attached hydrogens (primary N) is 1. The van der Waals surface area contributed by atoms with Crippen molar-refractivity contribution in [2.24, 2.45) is 11.7 Å². The van der Waals surface area contributed by atoms with Gasteiger partial charge in [-0.05, 0) is 50.9 Å². The first kappa shape index (κ1) is 14.8. The van der Waals surface area contributed by atoms with Crippen LogP contribution in [0.5, 0.6) is 0 Å². The van der Waals surface area contributed by atoms with Gasteiger partial charge in [0.2, 0.25) is 5.91 Å². The van der Waals surface area contributed by atoms with Crippen molar-refractivity contribution in [1.29, 1.82) is 0 Å². The van der Waals surface area contributed by atoms with E-state index in [9.17, 15) is 4.79 Å². The lowest BCUT2D eigenvalue weighted by Gasteiger charge is -2.31. The van der Waals surface area contributed by atoms with E-state index in [4.69, 9.17) is 5.73 Å². The van der Waals surface area contributed by atoms with E-state index in [1.54, 1.807) is 0 Å². The van der Waals surface area contributed by atoms with E-state index in [0.717, 1.165) is 50.4 Å². The summed E-state index contributed by atoms with van der Waals surface area (Å²) >= 11 is 0. The SMILES string of the molecule is CCNc1ccnc(CN2CCC(CC(N)=O)CC2)c1. The van der Waals surface area contributed by atoms with Gasteiger partial charge in [0.05, 0.1) is 5.69 Å².